The van der Waals surface area contributed by atoms with Gasteiger partial charge in [0.15, 0.2) is 5.82 Å². The molecule has 142 valence electrons. The highest BCUT2D eigenvalue weighted by molar-refractivity contribution is 14.1. The topological polar surface area (TPSA) is 30.7 Å². The van der Waals surface area contributed by atoms with E-state index < -0.39 is 0 Å². The first-order valence-electron chi connectivity index (χ1n) is 9.81. The van der Waals surface area contributed by atoms with Gasteiger partial charge in [0.1, 0.15) is 5.82 Å². The Labute approximate surface area is 187 Å². The Bertz CT molecular complexity index is 1550. The van der Waals surface area contributed by atoms with Crippen molar-refractivity contribution in [2.45, 2.75) is 0 Å². The van der Waals surface area contributed by atoms with Crippen molar-refractivity contribution in [3.63, 3.8) is 0 Å². The fourth-order valence-electron chi connectivity index (χ4n) is 4.12. The quantitative estimate of drug-likeness (QED) is 0.241. The first-order valence-corrected chi connectivity index (χ1v) is 10.9. The molecule has 6 aromatic rings. The van der Waals surface area contributed by atoms with Gasteiger partial charge in [-0.05, 0) is 59.0 Å². The Morgan fingerprint density at radius 2 is 1.30 bits per heavy atom. The number of rotatable bonds is 2. The molecule has 2 aromatic heterocycles. The van der Waals surface area contributed by atoms with Gasteiger partial charge in [0.2, 0.25) is 0 Å². The maximum atomic E-state index is 5.09. The van der Waals surface area contributed by atoms with Gasteiger partial charge >= 0.3 is 0 Å². The lowest BCUT2D eigenvalue weighted by Crippen LogP contribution is -2.02. The number of hydrogen-bond acceptors (Lipinski definition) is 2. The zero-order valence-corrected chi connectivity index (χ0v) is 18.1. The predicted octanol–water partition coefficient (Wildman–Crippen LogP) is 7.00. The zero-order valence-electron chi connectivity index (χ0n) is 16.0. The van der Waals surface area contributed by atoms with Crippen LogP contribution in [0.4, 0.5) is 0 Å². The molecule has 0 spiro atoms. The molecule has 2 heterocycles. The van der Waals surface area contributed by atoms with E-state index in [-0.39, 0.29) is 0 Å². The fourth-order valence-corrected chi connectivity index (χ4v) is 4.61. The van der Waals surface area contributed by atoms with Gasteiger partial charge in [-0.1, -0.05) is 60.7 Å². The summed E-state index contributed by atoms with van der Waals surface area (Å²) in [5, 5.41) is 3.51. The summed E-state index contributed by atoms with van der Waals surface area (Å²) in [7, 11) is 0. The van der Waals surface area contributed by atoms with Crippen LogP contribution >= 0.6 is 22.6 Å². The zero-order chi connectivity index (χ0) is 20.1. The lowest BCUT2D eigenvalue weighted by atomic mass is 10.2. The first kappa shape index (κ1) is 17.6. The molecule has 0 unspecified atom stereocenters. The second-order valence-corrected chi connectivity index (χ2v) is 8.51. The smallest absolute Gasteiger partial charge is 0.162 e. The van der Waals surface area contributed by atoms with Gasteiger partial charge in [0.25, 0.3) is 0 Å². The van der Waals surface area contributed by atoms with Crippen LogP contribution < -0.4 is 0 Å². The molecule has 0 saturated carbocycles. The van der Waals surface area contributed by atoms with E-state index >= 15 is 0 Å². The maximum absolute atomic E-state index is 5.09. The van der Waals surface area contributed by atoms with Crippen LogP contribution in [0.2, 0.25) is 0 Å². The third-order valence-electron chi connectivity index (χ3n) is 5.46. The molecule has 0 saturated heterocycles. The number of nitrogens with zero attached hydrogens (tertiary/aromatic N) is 3. The summed E-state index contributed by atoms with van der Waals surface area (Å²) in [5.41, 5.74) is 4.26. The average Bonchev–Trinajstić information content (AvgIpc) is 3.12. The molecule has 0 atom stereocenters. The molecule has 0 aliphatic carbocycles. The Hall–Kier alpha value is -3.25. The summed E-state index contributed by atoms with van der Waals surface area (Å²) in [6.07, 6.45) is 0. The van der Waals surface area contributed by atoms with E-state index in [4.69, 9.17) is 9.97 Å². The summed E-state index contributed by atoms with van der Waals surface area (Å²) in [6.45, 7) is 0. The molecule has 30 heavy (non-hydrogen) atoms. The fraction of sp³-hybridized carbons (Fsp3) is 0. The highest BCUT2D eigenvalue weighted by Crippen LogP contribution is 2.35. The van der Waals surface area contributed by atoms with Crippen molar-refractivity contribution >= 4 is 55.3 Å². The number of aromatic nitrogens is 3. The Kier molecular flexibility index (Phi) is 4.06. The number of benzene rings is 4. The molecule has 0 N–H and O–H groups in total. The van der Waals surface area contributed by atoms with Crippen molar-refractivity contribution < 1.29 is 0 Å². The van der Waals surface area contributed by atoms with Gasteiger partial charge < -0.3 is 0 Å². The van der Waals surface area contributed by atoms with Crippen molar-refractivity contribution in [2.24, 2.45) is 0 Å². The summed E-state index contributed by atoms with van der Waals surface area (Å²) in [6, 6.07) is 33.5. The van der Waals surface area contributed by atoms with Crippen LogP contribution in [0.3, 0.4) is 0 Å². The minimum Gasteiger partial charge on any atom is -0.293 e. The van der Waals surface area contributed by atoms with Gasteiger partial charge in [-0.3, -0.25) is 4.57 Å². The molecule has 0 amide bonds. The van der Waals surface area contributed by atoms with Crippen molar-refractivity contribution in [2.75, 3.05) is 0 Å². The molecule has 4 aromatic carbocycles. The Morgan fingerprint density at radius 3 is 2.17 bits per heavy atom. The van der Waals surface area contributed by atoms with Gasteiger partial charge in [0.05, 0.1) is 16.6 Å². The van der Waals surface area contributed by atoms with Crippen LogP contribution in [-0.2, 0) is 0 Å². The van der Waals surface area contributed by atoms with Crippen LogP contribution in [0.1, 0.15) is 0 Å². The highest BCUT2D eigenvalue weighted by atomic mass is 127. The number of hydrogen-bond donors (Lipinski definition) is 0. The van der Waals surface area contributed by atoms with E-state index in [2.05, 4.69) is 93.9 Å². The molecule has 0 radical (unpaired) electrons. The van der Waals surface area contributed by atoms with Crippen molar-refractivity contribution in [3.05, 3.63) is 101 Å². The second-order valence-electron chi connectivity index (χ2n) is 7.27. The predicted molar refractivity (Wildman–Crippen MR) is 132 cm³/mol. The third kappa shape index (κ3) is 2.71. The largest absolute Gasteiger partial charge is 0.293 e. The van der Waals surface area contributed by atoms with E-state index in [1.54, 1.807) is 0 Å². The monoisotopic (exact) mass is 497 g/mol. The van der Waals surface area contributed by atoms with Crippen LogP contribution in [0, 0.1) is 3.57 Å². The molecule has 6 rings (SSSR count). The SMILES string of the molecule is Ic1ccc2c(c1)c1ccccc1n2-c1nc(-c2ccccc2)nc2ccccc12. The number of fused-ring (bicyclic) bond motifs is 4. The van der Waals surface area contributed by atoms with Crippen molar-refractivity contribution in [3.8, 4) is 17.2 Å². The van der Waals surface area contributed by atoms with Gasteiger partial charge in [-0.25, -0.2) is 9.97 Å². The molecular formula is C26H16IN3. The van der Waals surface area contributed by atoms with E-state index in [0.29, 0.717) is 0 Å². The van der Waals surface area contributed by atoms with E-state index in [1.165, 1.54) is 14.3 Å². The number of para-hydroxylation sites is 2. The Balaban J connectivity index is 1.78. The molecule has 0 aliphatic rings. The van der Waals surface area contributed by atoms with Crippen LogP contribution in [0.25, 0.3) is 49.9 Å². The van der Waals surface area contributed by atoms with E-state index in [1.807, 2.05) is 30.3 Å². The molecular weight excluding hydrogens is 481 g/mol. The molecule has 0 bridgehead atoms. The van der Waals surface area contributed by atoms with Crippen LogP contribution in [0.15, 0.2) is 97.1 Å². The third-order valence-corrected chi connectivity index (χ3v) is 6.13. The lowest BCUT2D eigenvalue weighted by molar-refractivity contribution is 1.07. The standard InChI is InChI=1S/C26H16IN3/c27-18-14-15-24-21(16-18)19-10-5-7-13-23(19)30(24)26-20-11-4-6-12-22(20)28-25(29-26)17-8-2-1-3-9-17/h1-16H. The Morgan fingerprint density at radius 1 is 0.600 bits per heavy atom. The van der Waals surface area contributed by atoms with Crippen molar-refractivity contribution in [1.82, 2.24) is 14.5 Å². The number of halogens is 1. The minimum absolute atomic E-state index is 0.737. The summed E-state index contributed by atoms with van der Waals surface area (Å²) in [5.74, 6) is 1.65. The van der Waals surface area contributed by atoms with E-state index in [9.17, 15) is 0 Å². The molecule has 0 fully saturated rings. The van der Waals surface area contributed by atoms with Crippen LogP contribution in [-0.4, -0.2) is 14.5 Å². The molecule has 3 nitrogen and oxygen atoms in total. The molecule has 4 heteroatoms. The highest BCUT2D eigenvalue weighted by Gasteiger charge is 2.17. The summed E-state index contributed by atoms with van der Waals surface area (Å²) >= 11 is 2.38. The van der Waals surface area contributed by atoms with E-state index in [0.717, 1.165) is 39.1 Å². The normalized spacial score (nSPS) is 11.5. The maximum Gasteiger partial charge on any atom is 0.162 e. The average molecular weight is 497 g/mol. The minimum atomic E-state index is 0.737. The summed E-state index contributed by atoms with van der Waals surface area (Å²) in [4.78, 5) is 9.95. The lowest BCUT2D eigenvalue weighted by Gasteiger charge is -2.12. The van der Waals surface area contributed by atoms with Crippen molar-refractivity contribution in [1.29, 1.82) is 0 Å². The van der Waals surface area contributed by atoms with Gasteiger partial charge in [-0.2, -0.15) is 0 Å². The molecule has 0 aliphatic heterocycles. The van der Waals surface area contributed by atoms with Crippen LogP contribution in [0.5, 0.6) is 0 Å². The first-order chi connectivity index (χ1) is 14.8. The van der Waals surface area contributed by atoms with Gasteiger partial charge in [-0.15, -0.1) is 0 Å². The second kappa shape index (κ2) is 6.92. The summed E-state index contributed by atoms with van der Waals surface area (Å²) < 4.78 is 3.50. The van der Waals surface area contributed by atoms with Gasteiger partial charge in [0, 0.05) is 25.3 Å².